The van der Waals surface area contributed by atoms with Gasteiger partial charge < -0.3 is 11.1 Å². The summed E-state index contributed by atoms with van der Waals surface area (Å²) in [6.45, 7) is 7.89. The molecule has 96 valence electrons. The van der Waals surface area contributed by atoms with Gasteiger partial charge in [0.15, 0.2) is 0 Å². The first kappa shape index (κ1) is 15.6. The van der Waals surface area contributed by atoms with E-state index >= 15 is 0 Å². The monoisotopic (exact) mass is 248 g/mol. The van der Waals surface area contributed by atoms with Gasteiger partial charge in [-0.2, -0.15) is 0 Å². The van der Waals surface area contributed by atoms with Crippen LogP contribution in [0.25, 0.3) is 0 Å². The molecule has 1 amide bonds. The normalized spacial score (nSPS) is 16.9. The summed E-state index contributed by atoms with van der Waals surface area (Å²) in [7, 11) is -1.20. The number of rotatable bonds is 7. The highest BCUT2D eigenvalue weighted by Crippen LogP contribution is 2.05. The van der Waals surface area contributed by atoms with E-state index in [1.807, 2.05) is 13.8 Å². The molecule has 0 saturated carbocycles. The second-order valence-corrected chi connectivity index (χ2v) is 6.21. The van der Waals surface area contributed by atoms with E-state index in [2.05, 4.69) is 5.32 Å². The standard InChI is InChI=1S/C11H24N2O2S/c1-5-10(6-2)13-11(14)9(4)16(15)8(3)7-12/h8-10H,5-7,12H2,1-4H3,(H,13,14). The molecule has 3 atom stereocenters. The van der Waals surface area contributed by atoms with E-state index in [-0.39, 0.29) is 17.2 Å². The molecular formula is C11H24N2O2S. The van der Waals surface area contributed by atoms with Crippen LogP contribution in [0, 0.1) is 0 Å². The maximum absolute atomic E-state index is 11.8. The van der Waals surface area contributed by atoms with E-state index in [9.17, 15) is 9.00 Å². The lowest BCUT2D eigenvalue weighted by Gasteiger charge is -2.20. The molecule has 3 N–H and O–H groups in total. The molecule has 16 heavy (non-hydrogen) atoms. The lowest BCUT2D eigenvalue weighted by molar-refractivity contribution is -0.121. The van der Waals surface area contributed by atoms with Crippen molar-refractivity contribution >= 4 is 16.7 Å². The molecule has 5 heteroatoms. The Kier molecular flexibility index (Phi) is 7.58. The van der Waals surface area contributed by atoms with E-state index < -0.39 is 16.0 Å². The van der Waals surface area contributed by atoms with Crippen molar-refractivity contribution < 1.29 is 9.00 Å². The molecule has 0 aromatic carbocycles. The summed E-state index contributed by atoms with van der Waals surface area (Å²) in [5, 5.41) is 2.28. The Hall–Kier alpha value is -0.420. The Bertz CT molecular complexity index is 242. The summed E-state index contributed by atoms with van der Waals surface area (Å²) in [5.74, 6) is -0.132. The lowest BCUT2D eigenvalue weighted by atomic mass is 10.2. The van der Waals surface area contributed by atoms with Crippen LogP contribution in [0.15, 0.2) is 0 Å². The number of carbonyl (C=O) groups excluding carboxylic acids is 1. The van der Waals surface area contributed by atoms with E-state index in [1.54, 1.807) is 13.8 Å². The first-order valence-corrected chi connectivity index (χ1v) is 7.15. The van der Waals surface area contributed by atoms with E-state index in [4.69, 9.17) is 5.73 Å². The lowest BCUT2D eigenvalue weighted by Crippen LogP contribution is -2.43. The van der Waals surface area contributed by atoms with Gasteiger partial charge in [-0.15, -0.1) is 0 Å². The fraction of sp³-hybridized carbons (Fsp3) is 0.909. The van der Waals surface area contributed by atoms with Gasteiger partial charge in [-0.1, -0.05) is 13.8 Å². The molecule has 0 aliphatic heterocycles. The highest BCUT2D eigenvalue weighted by Gasteiger charge is 2.24. The molecule has 0 fully saturated rings. The molecule has 0 radical (unpaired) electrons. The fourth-order valence-corrected chi connectivity index (χ4v) is 2.53. The Morgan fingerprint density at radius 2 is 1.81 bits per heavy atom. The van der Waals surface area contributed by atoms with Crippen molar-refractivity contribution in [2.45, 2.75) is 57.1 Å². The topological polar surface area (TPSA) is 72.2 Å². The third-order valence-electron chi connectivity index (χ3n) is 2.78. The molecular weight excluding hydrogens is 224 g/mol. The van der Waals surface area contributed by atoms with Crippen LogP contribution in [0.2, 0.25) is 0 Å². The zero-order valence-corrected chi connectivity index (χ0v) is 11.5. The average molecular weight is 248 g/mol. The molecule has 0 aliphatic carbocycles. The largest absolute Gasteiger partial charge is 0.352 e. The minimum absolute atomic E-state index is 0.132. The summed E-state index contributed by atoms with van der Waals surface area (Å²) in [6.07, 6.45) is 1.79. The van der Waals surface area contributed by atoms with Gasteiger partial charge in [-0.05, 0) is 26.7 Å². The molecule has 0 spiro atoms. The Balaban J connectivity index is 4.33. The maximum atomic E-state index is 11.8. The minimum Gasteiger partial charge on any atom is -0.352 e. The first-order valence-electron chi connectivity index (χ1n) is 5.87. The summed E-state index contributed by atoms with van der Waals surface area (Å²) < 4.78 is 11.8. The SMILES string of the molecule is CCC(CC)NC(=O)C(C)S(=O)C(C)CN. The average Bonchev–Trinajstić information content (AvgIpc) is 2.32. The van der Waals surface area contributed by atoms with Gasteiger partial charge in [0.25, 0.3) is 0 Å². The van der Waals surface area contributed by atoms with Crippen molar-refractivity contribution in [2.75, 3.05) is 6.54 Å². The smallest absolute Gasteiger partial charge is 0.235 e. The highest BCUT2D eigenvalue weighted by molar-refractivity contribution is 7.87. The Morgan fingerprint density at radius 1 is 1.31 bits per heavy atom. The van der Waals surface area contributed by atoms with Crippen LogP contribution in [0.1, 0.15) is 40.5 Å². The molecule has 0 saturated heterocycles. The molecule has 0 bridgehead atoms. The molecule has 3 unspecified atom stereocenters. The third kappa shape index (κ3) is 4.61. The number of carbonyl (C=O) groups is 1. The van der Waals surface area contributed by atoms with E-state index in [0.29, 0.717) is 6.54 Å². The van der Waals surface area contributed by atoms with Crippen molar-refractivity contribution in [3.05, 3.63) is 0 Å². The van der Waals surface area contributed by atoms with Crippen molar-refractivity contribution in [3.8, 4) is 0 Å². The summed E-state index contributed by atoms with van der Waals surface area (Å²) in [4.78, 5) is 11.8. The number of amides is 1. The summed E-state index contributed by atoms with van der Waals surface area (Å²) in [6, 6.07) is 0.181. The zero-order chi connectivity index (χ0) is 12.7. The number of nitrogens with one attached hydrogen (secondary N) is 1. The first-order chi connectivity index (χ1) is 7.47. The van der Waals surface area contributed by atoms with Gasteiger partial charge in [0.2, 0.25) is 5.91 Å². The second-order valence-electron chi connectivity index (χ2n) is 4.04. The van der Waals surface area contributed by atoms with Crippen LogP contribution in [0.5, 0.6) is 0 Å². The van der Waals surface area contributed by atoms with Crippen LogP contribution >= 0.6 is 0 Å². The van der Waals surface area contributed by atoms with Crippen LogP contribution in [-0.4, -0.2) is 33.2 Å². The van der Waals surface area contributed by atoms with Crippen LogP contribution in [0.3, 0.4) is 0 Å². The van der Waals surface area contributed by atoms with Crippen LogP contribution < -0.4 is 11.1 Å². The molecule has 0 aromatic rings. The van der Waals surface area contributed by atoms with Gasteiger partial charge in [0.1, 0.15) is 5.25 Å². The van der Waals surface area contributed by atoms with E-state index in [1.165, 1.54) is 0 Å². The van der Waals surface area contributed by atoms with Crippen LogP contribution in [0.4, 0.5) is 0 Å². The third-order valence-corrected chi connectivity index (χ3v) is 4.67. The maximum Gasteiger partial charge on any atom is 0.235 e. The number of nitrogens with two attached hydrogens (primary N) is 1. The highest BCUT2D eigenvalue weighted by atomic mass is 32.2. The quantitative estimate of drug-likeness (QED) is 0.699. The molecule has 0 aliphatic rings. The number of hydrogen-bond acceptors (Lipinski definition) is 3. The summed E-state index contributed by atoms with van der Waals surface area (Å²) in [5.41, 5.74) is 5.44. The van der Waals surface area contributed by atoms with Gasteiger partial charge in [0.05, 0.1) is 0 Å². The second kappa shape index (κ2) is 7.79. The Labute approximate surface area is 101 Å². The molecule has 0 heterocycles. The van der Waals surface area contributed by atoms with Crippen molar-refractivity contribution in [1.82, 2.24) is 5.32 Å². The van der Waals surface area contributed by atoms with Gasteiger partial charge >= 0.3 is 0 Å². The van der Waals surface area contributed by atoms with Crippen molar-refractivity contribution in [2.24, 2.45) is 5.73 Å². The molecule has 4 nitrogen and oxygen atoms in total. The molecule has 0 aromatic heterocycles. The molecule has 0 rings (SSSR count). The summed E-state index contributed by atoms with van der Waals surface area (Å²) >= 11 is 0. The zero-order valence-electron chi connectivity index (χ0n) is 10.7. The fourth-order valence-electron chi connectivity index (χ4n) is 1.36. The van der Waals surface area contributed by atoms with Crippen molar-refractivity contribution in [3.63, 3.8) is 0 Å². The van der Waals surface area contributed by atoms with E-state index in [0.717, 1.165) is 12.8 Å². The van der Waals surface area contributed by atoms with Crippen molar-refractivity contribution in [1.29, 1.82) is 0 Å². The number of hydrogen-bond donors (Lipinski definition) is 2. The van der Waals surface area contributed by atoms with Crippen LogP contribution in [-0.2, 0) is 15.6 Å². The van der Waals surface area contributed by atoms with Gasteiger partial charge in [-0.3, -0.25) is 9.00 Å². The van der Waals surface area contributed by atoms with Gasteiger partial charge in [0, 0.05) is 28.6 Å². The minimum atomic E-state index is -1.20. The van der Waals surface area contributed by atoms with Gasteiger partial charge in [-0.25, -0.2) is 0 Å². The predicted octanol–water partition coefficient (Wildman–Crippen LogP) is 0.776. The predicted molar refractivity (Wildman–Crippen MR) is 68.6 cm³/mol. The Morgan fingerprint density at radius 3 is 2.19 bits per heavy atom.